The van der Waals surface area contributed by atoms with Gasteiger partial charge >= 0.3 is 0 Å². The third-order valence-corrected chi connectivity index (χ3v) is 7.12. The molecule has 0 aliphatic carbocycles. The monoisotopic (exact) mass is 555 g/mol. The van der Waals surface area contributed by atoms with Crippen LogP contribution in [0.25, 0.3) is 0 Å². The van der Waals surface area contributed by atoms with E-state index < -0.39 is 40.3 Å². The molecule has 2 atom stereocenters. The van der Waals surface area contributed by atoms with Gasteiger partial charge in [0.2, 0.25) is 0 Å². The molecule has 202 valence electrons. The second-order valence-corrected chi connectivity index (χ2v) is 9.77. The molecule has 5 rings (SSSR count). The van der Waals surface area contributed by atoms with Crippen LogP contribution in [-0.2, 0) is 17.9 Å². The Kier molecular flexibility index (Phi) is 6.96. The molecule has 0 saturated heterocycles. The Balaban J connectivity index is 1.48. The topological polar surface area (TPSA) is 96.8 Å². The number of hydrogen-bond donors (Lipinski definition) is 1. The first-order chi connectivity index (χ1) is 18.6. The van der Waals surface area contributed by atoms with Crippen molar-refractivity contribution in [1.29, 1.82) is 0 Å². The molecular weight excluding hydrogens is 532 g/mol. The molecule has 2 aliphatic heterocycles. The molecule has 3 aromatic rings. The molecule has 0 fully saturated rings. The van der Waals surface area contributed by atoms with E-state index in [1.807, 2.05) is 56.3 Å². The summed E-state index contributed by atoms with van der Waals surface area (Å²) in [6.45, 7) is 3.63. The largest absolute Gasteiger partial charge is 0.346 e. The highest BCUT2D eigenvalue weighted by Gasteiger charge is 2.42. The predicted molar refractivity (Wildman–Crippen MR) is 139 cm³/mol. The van der Waals surface area contributed by atoms with Crippen LogP contribution in [-0.4, -0.2) is 44.8 Å². The van der Waals surface area contributed by atoms with Gasteiger partial charge in [0, 0.05) is 18.3 Å². The van der Waals surface area contributed by atoms with Crippen LogP contribution in [0.1, 0.15) is 46.0 Å². The summed E-state index contributed by atoms with van der Waals surface area (Å²) in [6.07, 6.45) is 5.70. The van der Waals surface area contributed by atoms with E-state index in [1.165, 1.54) is 10.9 Å². The van der Waals surface area contributed by atoms with Crippen molar-refractivity contribution in [3.05, 3.63) is 110 Å². The Bertz CT molecular complexity index is 1550. The fraction of sp³-hybridized carbons (Fsp3) is 0.259. The standard InChI is InChI=1S/C27H24ClF2N5O4/c1-16-8-9-27(2,39-14-17-6-4-3-5-7-17)35-15-33(16)26(38)21-10-22(36)18(13-34(21)35)25(37)32-12-20-24(30)23(28)19(29)11-31-20/h3-11,13,16H,12,14-15H2,1-2H3,(H,32,37). The summed E-state index contributed by atoms with van der Waals surface area (Å²) in [5.74, 6) is -3.36. The Morgan fingerprint density at radius 3 is 2.74 bits per heavy atom. The van der Waals surface area contributed by atoms with E-state index in [0.29, 0.717) is 0 Å². The quantitative estimate of drug-likeness (QED) is 0.469. The van der Waals surface area contributed by atoms with Crippen LogP contribution < -0.4 is 15.8 Å². The zero-order valence-corrected chi connectivity index (χ0v) is 21.8. The fourth-order valence-electron chi connectivity index (χ4n) is 4.44. The molecule has 9 nitrogen and oxygen atoms in total. The smallest absolute Gasteiger partial charge is 0.274 e. The maximum Gasteiger partial charge on any atom is 0.274 e. The lowest BCUT2D eigenvalue weighted by atomic mass is 10.1. The number of fused-ring (bicyclic) bond motifs is 4. The third kappa shape index (κ3) is 4.90. The zero-order chi connectivity index (χ0) is 27.9. The second kappa shape index (κ2) is 10.2. The van der Waals surface area contributed by atoms with Gasteiger partial charge in [0.15, 0.2) is 22.8 Å². The molecule has 2 bridgehead atoms. The number of aromatic nitrogens is 2. The van der Waals surface area contributed by atoms with E-state index in [4.69, 9.17) is 16.3 Å². The van der Waals surface area contributed by atoms with Gasteiger partial charge in [-0.25, -0.2) is 8.78 Å². The van der Waals surface area contributed by atoms with Crippen molar-refractivity contribution < 1.29 is 23.1 Å². The van der Waals surface area contributed by atoms with Gasteiger partial charge in [0.25, 0.3) is 11.8 Å². The number of hydrogen-bond acceptors (Lipinski definition) is 6. The van der Waals surface area contributed by atoms with Gasteiger partial charge in [0.05, 0.1) is 25.0 Å². The minimum atomic E-state index is -1.11. The SMILES string of the molecule is CC1C=CC(C)(OCc2ccccc2)N2CN1C(=O)c1cc(=O)c(C(=O)NCc3ncc(F)c(Cl)c3F)cn12. The van der Waals surface area contributed by atoms with E-state index in [1.54, 1.807) is 9.91 Å². The van der Waals surface area contributed by atoms with Crippen molar-refractivity contribution in [2.24, 2.45) is 0 Å². The number of amides is 2. The summed E-state index contributed by atoms with van der Waals surface area (Å²) in [5, 5.41) is 3.40. The van der Waals surface area contributed by atoms with Gasteiger partial charge in [-0.2, -0.15) is 0 Å². The molecule has 1 aromatic carbocycles. The number of carbonyl (C=O) groups excluding carboxylic acids is 2. The van der Waals surface area contributed by atoms with Crippen LogP contribution in [0, 0.1) is 11.6 Å². The van der Waals surface area contributed by atoms with Crippen molar-refractivity contribution in [2.75, 3.05) is 11.7 Å². The summed E-state index contributed by atoms with van der Waals surface area (Å²) >= 11 is 5.58. The number of nitrogens with one attached hydrogen (secondary N) is 1. The molecule has 0 spiro atoms. The van der Waals surface area contributed by atoms with Gasteiger partial charge < -0.3 is 15.0 Å². The predicted octanol–water partition coefficient (Wildman–Crippen LogP) is 3.35. The average Bonchev–Trinajstić information content (AvgIpc) is 3.04. The Hall–Kier alpha value is -4.09. The van der Waals surface area contributed by atoms with Crippen LogP contribution in [0.3, 0.4) is 0 Å². The third-order valence-electron chi connectivity index (χ3n) is 6.77. The summed E-state index contributed by atoms with van der Waals surface area (Å²) in [6, 6.07) is 10.4. The minimum Gasteiger partial charge on any atom is -0.346 e. The molecule has 2 amide bonds. The number of nitrogens with zero attached hydrogens (tertiary/aromatic N) is 4. The van der Waals surface area contributed by atoms with Gasteiger partial charge in [-0.15, -0.1) is 0 Å². The second-order valence-electron chi connectivity index (χ2n) is 9.39. The summed E-state index contributed by atoms with van der Waals surface area (Å²) in [4.78, 5) is 44.4. The number of carbonyl (C=O) groups is 2. The first-order valence-electron chi connectivity index (χ1n) is 12.1. The number of ether oxygens (including phenoxy) is 1. The highest BCUT2D eigenvalue weighted by atomic mass is 35.5. The van der Waals surface area contributed by atoms with Crippen molar-refractivity contribution in [1.82, 2.24) is 19.9 Å². The molecule has 39 heavy (non-hydrogen) atoms. The molecule has 0 radical (unpaired) electrons. The summed E-state index contributed by atoms with van der Waals surface area (Å²) < 4.78 is 35.4. The van der Waals surface area contributed by atoms with Crippen LogP contribution in [0.2, 0.25) is 5.02 Å². The van der Waals surface area contributed by atoms with E-state index >= 15 is 0 Å². The molecule has 0 saturated carbocycles. The Morgan fingerprint density at radius 1 is 1.26 bits per heavy atom. The first-order valence-corrected chi connectivity index (χ1v) is 12.5. The van der Waals surface area contributed by atoms with E-state index in [-0.39, 0.29) is 42.2 Å². The lowest BCUT2D eigenvalue weighted by molar-refractivity contribution is -0.0331. The minimum absolute atomic E-state index is 0.0610. The van der Waals surface area contributed by atoms with Crippen LogP contribution in [0.15, 0.2) is 65.7 Å². The van der Waals surface area contributed by atoms with Gasteiger partial charge in [-0.3, -0.25) is 29.1 Å². The highest BCUT2D eigenvalue weighted by Crippen LogP contribution is 2.29. The average molecular weight is 556 g/mol. The number of halogens is 3. The van der Waals surface area contributed by atoms with Gasteiger partial charge in [-0.1, -0.05) is 48.0 Å². The van der Waals surface area contributed by atoms with Crippen LogP contribution >= 0.6 is 11.6 Å². The first kappa shape index (κ1) is 26.5. The highest BCUT2D eigenvalue weighted by molar-refractivity contribution is 6.30. The lowest BCUT2D eigenvalue weighted by Gasteiger charge is -2.46. The summed E-state index contributed by atoms with van der Waals surface area (Å²) in [5.41, 5.74) is -1.35. The molecule has 2 aliphatic rings. The number of rotatable bonds is 6. The van der Waals surface area contributed by atoms with E-state index in [9.17, 15) is 23.2 Å². The Morgan fingerprint density at radius 2 is 2.00 bits per heavy atom. The molecule has 1 N–H and O–H groups in total. The van der Waals surface area contributed by atoms with Crippen LogP contribution in [0.4, 0.5) is 8.78 Å². The van der Waals surface area contributed by atoms with E-state index in [0.717, 1.165) is 17.8 Å². The fourth-order valence-corrected chi connectivity index (χ4v) is 4.60. The summed E-state index contributed by atoms with van der Waals surface area (Å²) in [7, 11) is 0. The lowest BCUT2D eigenvalue weighted by Crippen LogP contribution is -2.62. The normalized spacial score (nSPS) is 20.0. The van der Waals surface area contributed by atoms with Crippen molar-refractivity contribution in [3.63, 3.8) is 0 Å². The molecule has 4 heterocycles. The number of pyridine rings is 2. The van der Waals surface area contributed by atoms with E-state index in [2.05, 4.69) is 10.3 Å². The molecule has 2 unspecified atom stereocenters. The molecule has 12 heteroatoms. The maximum atomic E-state index is 14.2. The van der Waals surface area contributed by atoms with Crippen molar-refractivity contribution in [3.8, 4) is 0 Å². The Labute approximate surface area is 227 Å². The van der Waals surface area contributed by atoms with Gasteiger partial charge in [0.1, 0.15) is 22.9 Å². The van der Waals surface area contributed by atoms with Crippen molar-refractivity contribution >= 4 is 23.4 Å². The van der Waals surface area contributed by atoms with Crippen LogP contribution in [0.5, 0.6) is 0 Å². The maximum absolute atomic E-state index is 14.2. The zero-order valence-electron chi connectivity index (χ0n) is 21.0. The molecular formula is C27H24ClF2N5O4. The van der Waals surface area contributed by atoms with Crippen molar-refractivity contribution in [2.45, 2.75) is 38.8 Å². The van der Waals surface area contributed by atoms with Gasteiger partial charge in [-0.05, 0) is 25.5 Å². The number of benzene rings is 1. The molecule has 2 aromatic heterocycles.